The molecule has 0 aliphatic rings. The van der Waals surface area contributed by atoms with Crippen LogP contribution in [-0.4, -0.2) is 30.6 Å². The third-order valence-corrected chi connectivity index (χ3v) is 6.36. The summed E-state index contributed by atoms with van der Waals surface area (Å²) < 4.78 is 3.16. The number of carbonyl (C=O) groups excluding carboxylic acids is 1. The number of hydrogen-bond donors (Lipinski definition) is 2. The number of pyridine rings is 1. The molecule has 2 N–H and O–H groups in total. The van der Waals surface area contributed by atoms with Gasteiger partial charge in [0, 0.05) is 15.8 Å². The molecule has 0 bridgehead atoms. The molecule has 2 aromatic carbocycles. The second-order valence-electron chi connectivity index (χ2n) is 6.79. The summed E-state index contributed by atoms with van der Waals surface area (Å²) in [4.78, 5) is 25.4. The van der Waals surface area contributed by atoms with Crippen molar-refractivity contribution in [1.82, 2.24) is 24.7 Å². The maximum absolute atomic E-state index is 13.0. The van der Waals surface area contributed by atoms with Gasteiger partial charge in [0.1, 0.15) is 15.8 Å². The summed E-state index contributed by atoms with van der Waals surface area (Å²) in [5, 5.41) is 7.88. The van der Waals surface area contributed by atoms with Crippen LogP contribution >= 0.6 is 50.1 Å². The van der Waals surface area contributed by atoms with E-state index in [-0.39, 0.29) is 5.91 Å². The predicted octanol–water partition coefficient (Wildman–Crippen LogP) is 6.08. The van der Waals surface area contributed by atoms with E-state index in [1.807, 2.05) is 42.5 Å². The quantitative estimate of drug-likeness (QED) is 0.239. The molecule has 32 heavy (non-hydrogen) atoms. The average Bonchev–Trinajstić information content (AvgIpc) is 3.38. The van der Waals surface area contributed by atoms with Gasteiger partial charge in [-0.3, -0.25) is 4.79 Å². The largest absolute Gasteiger partial charge is 0.337 e. The number of fused-ring (bicyclic) bond motifs is 1. The molecular formula is C22H13BrClIN6O. The van der Waals surface area contributed by atoms with Gasteiger partial charge in [0.2, 0.25) is 0 Å². The van der Waals surface area contributed by atoms with Crippen LogP contribution in [0, 0.1) is 3.57 Å². The Morgan fingerprint density at radius 3 is 2.78 bits per heavy atom. The molecule has 7 nitrogen and oxygen atoms in total. The molecule has 0 radical (unpaired) electrons. The fourth-order valence-corrected chi connectivity index (χ4v) is 4.40. The Labute approximate surface area is 209 Å². The molecule has 1 amide bonds. The first kappa shape index (κ1) is 21.1. The van der Waals surface area contributed by atoms with Gasteiger partial charge in [-0.2, -0.15) is 5.10 Å². The number of aromatic amines is 1. The lowest BCUT2D eigenvalue weighted by molar-refractivity contribution is 0.102. The number of aromatic nitrogens is 5. The SMILES string of the molecule is O=C(Nc1ccccc1I)c1cccc2[nH]c(-c3cc(Br)nn3-c3ncccc3Cl)nc12. The first-order valence-electron chi connectivity index (χ1n) is 9.42. The molecule has 158 valence electrons. The third-order valence-electron chi connectivity index (χ3n) is 4.74. The maximum Gasteiger partial charge on any atom is 0.257 e. The van der Waals surface area contributed by atoms with Crippen LogP contribution in [0.2, 0.25) is 5.02 Å². The van der Waals surface area contributed by atoms with Crippen LogP contribution in [0.1, 0.15) is 10.4 Å². The van der Waals surface area contributed by atoms with E-state index in [1.54, 1.807) is 29.1 Å². The molecule has 0 fully saturated rings. The third kappa shape index (κ3) is 3.91. The summed E-state index contributed by atoms with van der Waals surface area (Å²) in [6.07, 6.45) is 1.65. The molecule has 0 spiro atoms. The molecule has 0 unspecified atom stereocenters. The number of rotatable bonds is 4. The number of amides is 1. The summed E-state index contributed by atoms with van der Waals surface area (Å²) in [5.74, 6) is 0.779. The molecular weight excluding hydrogens is 607 g/mol. The van der Waals surface area contributed by atoms with Crippen molar-refractivity contribution in [2.75, 3.05) is 5.32 Å². The number of carbonyl (C=O) groups is 1. The number of benzene rings is 2. The molecule has 3 heterocycles. The lowest BCUT2D eigenvalue weighted by Crippen LogP contribution is -2.13. The summed E-state index contributed by atoms with van der Waals surface area (Å²) in [6.45, 7) is 0. The fraction of sp³-hybridized carbons (Fsp3) is 0. The van der Waals surface area contributed by atoms with E-state index in [2.05, 4.69) is 58.9 Å². The lowest BCUT2D eigenvalue weighted by Gasteiger charge is -2.07. The van der Waals surface area contributed by atoms with Crippen molar-refractivity contribution in [2.24, 2.45) is 0 Å². The number of halogens is 3. The Kier molecular flexibility index (Phi) is 5.70. The van der Waals surface area contributed by atoms with Gasteiger partial charge < -0.3 is 10.3 Å². The monoisotopic (exact) mass is 618 g/mol. The van der Waals surface area contributed by atoms with Crippen molar-refractivity contribution in [3.05, 3.63) is 85.6 Å². The highest BCUT2D eigenvalue weighted by molar-refractivity contribution is 14.1. The van der Waals surface area contributed by atoms with Crippen LogP contribution in [0.25, 0.3) is 28.4 Å². The standard InChI is InChI=1S/C22H13BrClIN6O/c23-18-11-17(31(30-18)21-13(24)6-4-10-26-21)20-27-16-9-3-5-12(19(16)29-20)22(32)28-15-8-2-1-7-14(15)25/h1-11H,(H,27,29)(H,28,32). The van der Waals surface area contributed by atoms with Gasteiger partial charge in [0.15, 0.2) is 11.6 Å². The Morgan fingerprint density at radius 1 is 1.12 bits per heavy atom. The van der Waals surface area contributed by atoms with E-state index in [0.717, 1.165) is 14.8 Å². The first-order valence-corrected chi connectivity index (χ1v) is 11.7. The Bertz CT molecular complexity index is 1480. The van der Waals surface area contributed by atoms with Crippen LogP contribution in [0.4, 0.5) is 5.69 Å². The highest BCUT2D eigenvalue weighted by Crippen LogP contribution is 2.29. The van der Waals surface area contributed by atoms with Gasteiger partial charge in [-0.25, -0.2) is 14.6 Å². The fourth-order valence-electron chi connectivity index (χ4n) is 3.30. The van der Waals surface area contributed by atoms with E-state index >= 15 is 0 Å². The van der Waals surface area contributed by atoms with Crippen LogP contribution in [0.15, 0.2) is 71.5 Å². The molecule has 0 saturated carbocycles. The number of para-hydroxylation sites is 2. The summed E-state index contributed by atoms with van der Waals surface area (Å²) in [7, 11) is 0. The minimum atomic E-state index is -0.236. The zero-order valence-electron chi connectivity index (χ0n) is 16.2. The second kappa shape index (κ2) is 8.64. The van der Waals surface area contributed by atoms with E-state index in [4.69, 9.17) is 16.6 Å². The topological polar surface area (TPSA) is 88.5 Å². The Morgan fingerprint density at radius 2 is 1.97 bits per heavy atom. The molecule has 0 atom stereocenters. The Hall–Kier alpha value is -2.76. The number of anilines is 1. The zero-order valence-corrected chi connectivity index (χ0v) is 20.7. The van der Waals surface area contributed by atoms with Crippen LogP contribution in [-0.2, 0) is 0 Å². The summed E-state index contributed by atoms with van der Waals surface area (Å²) >= 11 is 11.9. The first-order chi connectivity index (χ1) is 15.5. The highest BCUT2D eigenvalue weighted by Gasteiger charge is 2.20. The molecule has 0 aliphatic heterocycles. The average molecular weight is 620 g/mol. The van der Waals surface area contributed by atoms with Gasteiger partial charge >= 0.3 is 0 Å². The maximum atomic E-state index is 13.0. The van der Waals surface area contributed by atoms with E-state index in [9.17, 15) is 4.79 Å². The van der Waals surface area contributed by atoms with Crippen molar-refractivity contribution in [1.29, 1.82) is 0 Å². The van der Waals surface area contributed by atoms with E-state index < -0.39 is 0 Å². The number of imidazole rings is 1. The second-order valence-corrected chi connectivity index (χ2v) is 9.18. The highest BCUT2D eigenvalue weighted by atomic mass is 127. The normalized spacial score (nSPS) is 11.1. The van der Waals surface area contributed by atoms with Crippen molar-refractivity contribution in [2.45, 2.75) is 0 Å². The van der Waals surface area contributed by atoms with Gasteiger partial charge in [-0.15, -0.1) is 0 Å². The zero-order chi connectivity index (χ0) is 22.2. The molecule has 5 aromatic rings. The van der Waals surface area contributed by atoms with Crippen molar-refractivity contribution in [3.63, 3.8) is 0 Å². The van der Waals surface area contributed by atoms with Gasteiger partial charge in [-0.1, -0.05) is 29.8 Å². The van der Waals surface area contributed by atoms with E-state index in [1.165, 1.54) is 0 Å². The molecule has 10 heteroatoms. The van der Waals surface area contributed by atoms with Crippen LogP contribution < -0.4 is 5.32 Å². The molecule has 0 aliphatic carbocycles. The molecule has 3 aromatic heterocycles. The number of nitrogens with one attached hydrogen (secondary N) is 2. The van der Waals surface area contributed by atoms with E-state index in [0.29, 0.717) is 38.0 Å². The molecule has 0 saturated heterocycles. The number of hydrogen-bond acceptors (Lipinski definition) is 4. The Balaban J connectivity index is 1.59. The smallest absolute Gasteiger partial charge is 0.257 e. The van der Waals surface area contributed by atoms with Crippen molar-refractivity contribution >= 4 is 72.7 Å². The summed E-state index contributed by atoms with van der Waals surface area (Å²) in [5.41, 5.74) is 3.15. The van der Waals surface area contributed by atoms with Crippen molar-refractivity contribution in [3.8, 4) is 17.3 Å². The van der Waals surface area contributed by atoms with Gasteiger partial charge in [0.05, 0.1) is 21.8 Å². The van der Waals surface area contributed by atoms with Gasteiger partial charge in [0.25, 0.3) is 5.91 Å². The lowest BCUT2D eigenvalue weighted by atomic mass is 10.1. The minimum absolute atomic E-state index is 0.236. The minimum Gasteiger partial charge on any atom is -0.337 e. The number of H-pyrrole nitrogens is 1. The van der Waals surface area contributed by atoms with Crippen LogP contribution in [0.3, 0.4) is 0 Å². The van der Waals surface area contributed by atoms with Crippen LogP contribution in [0.5, 0.6) is 0 Å². The predicted molar refractivity (Wildman–Crippen MR) is 136 cm³/mol. The van der Waals surface area contributed by atoms with Crippen molar-refractivity contribution < 1.29 is 4.79 Å². The molecule has 5 rings (SSSR count). The summed E-state index contributed by atoms with van der Waals surface area (Å²) in [6, 6.07) is 18.4. The van der Waals surface area contributed by atoms with Gasteiger partial charge in [-0.05, 0) is 74.9 Å². The number of nitrogens with zero attached hydrogens (tertiary/aromatic N) is 4.